The van der Waals surface area contributed by atoms with E-state index in [9.17, 15) is 0 Å². The molecule has 0 aromatic carbocycles. The highest BCUT2D eigenvalue weighted by Crippen LogP contribution is 2.23. The van der Waals surface area contributed by atoms with Gasteiger partial charge in [0, 0.05) is 6.04 Å². The van der Waals surface area contributed by atoms with E-state index in [0.717, 1.165) is 0 Å². The lowest BCUT2D eigenvalue weighted by atomic mass is 10.2. The van der Waals surface area contributed by atoms with E-state index in [1.54, 1.807) is 0 Å². The van der Waals surface area contributed by atoms with Crippen LogP contribution in [0.3, 0.4) is 0 Å². The predicted molar refractivity (Wildman–Crippen MR) is 38.6 cm³/mol. The van der Waals surface area contributed by atoms with Gasteiger partial charge in [-0.25, -0.2) is 0 Å². The highest BCUT2D eigenvalue weighted by atomic mass is 16.7. The SMILES string of the molecule is C[C@H](N)C1COC(C)(C)O1. The summed E-state index contributed by atoms with van der Waals surface area (Å²) in [6.07, 6.45) is 0.0648. The predicted octanol–water partition coefficient (Wildman–Crippen LogP) is 0.485. The van der Waals surface area contributed by atoms with Crippen molar-refractivity contribution < 1.29 is 9.47 Å². The number of ether oxygens (including phenoxy) is 2. The van der Waals surface area contributed by atoms with Crippen molar-refractivity contribution in [2.75, 3.05) is 6.61 Å². The molecule has 2 N–H and O–H groups in total. The molecule has 10 heavy (non-hydrogen) atoms. The fourth-order valence-corrected chi connectivity index (χ4v) is 0.975. The summed E-state index contributed by atoms with van der Waals surface area (Å²) < 4.78 is 10.8. The van der Waals surface area contributed by atoms with Gasteiger partial charge >= 0.3 is 0 Å². The first-order valence-corrected chi connectivity index (χ1v) is 3.58. The van der Waals surface area contributed by atoms with E-state index in [0.29, 0.717) is 6.61 Å². The second-order valence-electron chi connectivity index (χ2n) is 3.23. The van der Waals surface area contributed by atoms with Crippen LogP contribution >= 0.6 is 0 Å². The van der Waals surface area contributed by atoms with Crippen molar-refractivity contribution in [3.05, 3.63) is 0 Å². The van der Waals surface area contributed by atoms with E-state index in [1.807, 2.05) is 20.8 Å². The molecular formula is C7H15NO2. The normalized spacial score (nSPS) is 34.2. The lowest BCUT2D eigenvalue weighted by Crippen LogP contribution is -2.34. The van der Waals surface area contributed by atoms with Crippen molar-refractivity contribution in [2.24, 2.45) is 5.73 Å². The topological polar surface area (TPSA) is 44.5 Å². The van der Waals surface area contributed by atoms with Crippen molar-refractivity contribution in [1.29, 1.82) is 0 Å². The smallest absolute Gasteiger partial charge is 0.163 e. The minimum Gasteiger partial charge on any atom is -0.348 e. The Bertz CT molecular complexity index is 123. The Morgan fingerprint density at radius 3 is 2.40 bits per heavy atom. The third kappa shape index (κ3) is 1.68. The number of rotatable bonds is 1. The van der Waals surface area contributed by atoms with Gasteiger partial charge in [0.1, 0.15) is 0 Å². The molecule has 1 rings (SSSR count). The van der Waals surface area contributed by atoms with Gasteiger partial charge in [-0.2, -0.15) is 0 Å². The van der Waals surface area contributed by atoms with E-state index in [4.69, 9.17) is 15.2 Å². The Morgan fingerprint density at radius 2 is 2.20 bits per heavy atom. The zero-order chi connectivity index (χ0) is 7.78. The molecule has 0 aromatic rings. The summed E-state index contributed by atoms with van der Waals surface area (Å²) in [5.41, 5.74) is 5.61. The monoisotopic (exact) mass is 145 g/mol. The minimum absolute atomic E-state index is 0.0572. The molecule has 1 fully saturated rings. The summed E-state index contributed by atoms with van der Waals surface area (Å²) in [4.78, 5) is 0. The molecule has 0 saturated carbocycles. The molecule has 3 nitrogen and oxygen atoms in total. The molecule has 0 radical (unpaired) electrons. The first kappa shape index (κ1) is 7.98. The summed E-state index contributed by atoms with van der Waals surface area (Å²) >= 11 is 0. The van der Waals surface area contributed by atoms with Crippen LogP contribution in [0.2, 0.25) is 0 Å². The van der Waals surface area contributed by atoms with Crippen LogP contribution in [0.5, 0.6) is 0 Å². The lowest BCUT2D eigenvalue weighted by Gasteiger charge is -2.18. The molecule has 1 saturated heterocycles. The molecule has 0 amide bonds. The Hall–Kier alpha value is -0.120. The Kier molecular flexibility index (Phi) is 1.99. The van der Waals surface area contributed by atoms with Crippen LogP contribution in [-0.2, 0) is 9.47 Å². The third-order valence-electron chi connectivity index (χ3n) is 1.62. The van der Waals surface area contributed by atoms with Crippen molar-refractivity contribution in [2.45, 2.75) is 38.7 Å². The number of nitrogens with two attached hydrogens (primary N) is 1. The van der Waals surface area contributed by atoms with Gasteiger partial charge in [-0.05, 0) is 20.8 Å². The Morgan fingerprint density at radius 1 is 1.60 bits per heavy atom. The summed E-state index contributed by atoms with van der Waals surface area (Å²) in [6, 6.07) is 0.0572. The van der Waals surface area contributed by atoms with Crippen LogP contribution in [0.15, 0.2) is 0 Å². The van der Waals surface area contributed by atoms with Crippen molar-refractivity contribution in [3.63, 3.8) is 0 Å². The maximum atomic E-state index is 5.61. The molecule has 1 aliphatic heterocycles. The Balaban J connectivity index is 2.43. The van der Waals surface area contributed by atoms with Crippen molar-refractivity contribution in [1.82, 2.24) is 0 Å². The van der Waals surface area contributed by atoms with Crippen LogP contribution in [0.1, 0.15) is 20.8 Å². The van der Waals surface area contributed by atoms with Gasteiger partial charge in [0.25, 0.3) is 0 Å². The van der Waals surface area contributed by atoms with Gasteiger partial charge in [-0.3, -0.25) is 0 Å². The maximum absolute atomic E-state index is 5.61. The average Bonchev–Trinajstić information content (AvgIpc) is 2.10. The summed E-state index contributed by atoms with van der Waals surface area (Å²) in [5.74, 6) is -0.432. The van der Waals surface area contributed by atoms with Gasteiger partial charge < -0.3 is 15.2 Å². The zero-order valence-electron chi connectivity index (χ0n) is 6.76. The van der Waals surface area contributed by atoms with Crippen molar-refractivity contribution >= 4 is 0 Å². The number of hydrogen-bond acceptors (Lipinski definition) is 3. The molecule has 0 aliphatic carbocycles. The third-order valence-corrected chi connectivity index (χ3v) is 1.62. The van der Waals surface area contributed by atoms with Gasteiger partial charge in [-0.15, -0.1) is 0 Å². The highest BCUT2D eigenvalue weighted by Gasteiger charge is 2.34. The summed E-state index contributed by atoms with van der Waals surface area (Å²) in [5, 5.41) is 0. The Labute approximate surface area is 61.5 Å². The van der Waals surface area contributed by atoms with E-state index in [2.05, 4.69) is 0 Å². The van der Waals surface area contributed by atoms with Crippen LogP contribution in [0.25, 0.3) is 0 Å². The van der Waals surface area contributed by atoms with Crippen LogP contribution in [0, 0.1) is 0 Å². The summed E-state index contributed by atoms with van der Waals surface area (Å²) in [6.45, 7) is 6.34. The van der Waals surface area contributed by atoms with E-state index >= 15 is 0 Å². The van der Waals surface area contributed by atoms with Crippen molar-refractivity contribution in [3.8, 4) is 0 Å². The zero-order valence-corrected chi connectivity index (χ0v) is 6.76. The molecule has 3 heteroatoms. The highest BCUT2D eigenvalue weighted by molar-refractivity contribution is 4.76. The maximum Gasteiger partial charge on any atom is 0.163 e. The second-order valence-corrected chi connectivity index (χ2v) is 3.23. The molecule has 60 valence electrons. The molecule has 1 aliphatic rings. The average molecular weight is 145 g/mol. The van der Waals surface area contributed by atoms with E-state index in [-0.39, 0.29) is 12.1 Å². The fraction of sp³-hybridized carbons (Fsp3) is 1.00. The lowest BCUT2D eigenvalue weighted by molar-refractivity contribution is -0.140. The minimum atomic E-state index is -0.432. The molecule has 1 unspecified atom stereocenters. The molecule has 2 atom stereocenters. The standard InChI is InChI=1S/C7H15NO2/c1-5(8)6-4-9-7(2,3)10-6/h5-6H,4,8H2,1-3H3/t5-,6?/m0/s1. The molecule has 0 bridgehead atoms. The van der Waals surface area contributed by atoms with E-state index < -0.39 is 5.79 Å². The number of hydrogen-bond donors (Lipinski definition) is 1. The molecule has 1 heterocycles. The van der Waals surface area contributed by atoms with Gasteiger partial charge in [-0.1, -0.05) is 0 Å². The van der Waals surface area contributed by atoms with Crippen LogP contribution < -0.4 is 5.73 Å². The van der Waals surface area contributed by atoms with Gasteiger partial charge in [0.05, 0.1) is 12.7 Å². The quantitative estimate of drug-likeness (QED) is 0.584. The van der Waals surface area contributed by atoms with Gasteiger partial charge in [0.2, 0.25) is 0 Å². The second kappa shape index (κ2) is 2.49. The first-order chi connectivity index (χ1) is 4.51. The summed E-state index contributed by atoms with van der Waals surface area (Å²) in [7, 11) is 0. The first-order valence-electron chi connectivity index (χ1n) is 3.58. The van der Waals surface area contributed by atoms with E-state index in [1.165, 1.54) is 0 Å². The molecule has 0 aromatic heterocycles. The van der Waals surface area contributed by atoms with Crippen LogP contribution in [-0.4, -0.2) is 24.5 Å². The van der Waals surface area contributed by atoms with Crippen LogP contribution in [0.4, 0.5) is 0 Å². The fourth-order valence-electron chi connectivity index (χ4n) is 0.975. The largest absolute Gasteiger partial charge is 0.348 e. The molecule has 0 spiro atoms. The molecular weight excluding hydrogens is 130 g/mol. The van der Waals surface area contributed by atoms with Gasteiger partial charge in [0.15, 0.2) is 5.79 Å².